The maximum absolute atomic E-state index is 4.42. The molecule has 2 heterocycles. The molecule has 1 saturated heterocycles. The minimum absolute atomic E-state index is 0.251. The third-order valence-electron chi connectivity index (χ3n) is 3.87. The number of nitrogens with one attached hydrogen (secondary N) is 1. The van der Waals surface area contributed by atoms with Gasteiger partial charge in [-0.15, -0.1) is 0 Å². The molecule has 1 aliphatic rings. The Morgan fingerprint density at radius 2 is 2.35 bits per heavy atom. The molecule has 94 valence electrons. The molecule has 0 bridgehead atoms. The van der Waals surface area contributed by atoms with E-state index in [4.69, 9.17) is 0 Å². The first-order valence-electron chi connectivity index (χ1n) is 6.52. The molecule has 1 N–H and O–H groups in total. The predicted octanol–water partition coefficient (Wildman–Crippen LogP) is 2.04. The Morgan fingerprint density at radius 1 is 1.53 bits per heavy atom. The monoisotopic (exact) mass is 233 g/mol. The van der Waals surface area contributed by atoms with Crippen LogP contribution in [0, 0.1) is 0 Å². The second-order valence-corrected chi connectivity index (χ2v) is 5.37. The second-order valence-electron chi connectivity index (χ2n) is 5.37. The van der Waals surface area contributed by atoms with Gasteiger partial charge in [0.2, 0.25) is 0 Å². The molecule has 0 spiro atoms. The third-order valence-corrected chi connectivity index (χ3v) is 3.87. The van der Waals surface area contributed by atoms with Gasteiger partial charge in [0.25, 0.3) is 0 Å². The molecule has 3 nitrogen and oxygen atoms in total. The molecule has 0 saturated carbocycles. The Bertz CT molecular complexity index is 352. The molecular weight excluding hydrogens is 210 g/mol. The van der Waals surface area contributed by atoms with Crippen molar-refractivity contribution in [3.05, 3.63) is 30.1 Å². The van der Waals surface area contributed by atoms with Crippen LogP contribution in [-0.2, 0) is 6.54 Å². The minimum atomic E-state index is 0.251. The predicted molar refractivity (Wildman–Crippen MR) is 70.8 cm³/mol. The largest absolute Gasteiger partial charge is 0.309 e. The van der Waals surface area contributed by atoms with Crippen LogP contribution in [0.3, 0.4) is 0 Å². The molecule has 0 radical (unpaired) electrons. The topological polar surface area (TPSA) is 28.2 Å². The van der Waals surface area contributed by atoms with E-state index < -0.39 is 0 Å². The molecule has 1 aromatic rings. The lowest BCUT2D eigenvalue weighted by molar-refractivity contribution is 0.0855. The van der Waals surface area contributed by atoms with Crippen molar-refractivity contribution in [2.24, 2.45) is 0 Å². The Labute approximate surface area is 104 Å². The Balaban J connectivity index is 2.04. The lowest BCUT2D eigenvalue weighted by atomic mass is 9.93. The summed E-state index contributed by atoms with van der Waals surface area (Å²) in [6.07, 6.45) is 3.04. The van der Waals surface area contributed by atoms with E-state index in [2.05, 4.69) is 48.1 Å². The number of rotatable bonds is 3. The normalized spacial score (nSPS) is 30.4. The highest BCUT2D eigenvalue weighted by Gasteiger charge is 2.32. The molecule has 3 heteroatoms. The lowest BCUT2D eigenvalue weighted by Crippen LogP contribution is -2.61. The highest BCUT2D eigenvalue weighted by atomic mass is 15.2. The standard InChI is InChI=1S/C14H23N3/c1-4-14(3)11-17(12(2)9-16-14)10-13-7-5-6-8-15-13/h5-8,12,16H,4,9-11H2,1-3H3. The molecule has 1 fully saturated rings. The molecule has 2 rings (SSSR count). The van der Waals surface area contributed by atoms with Crippen LogP contribution in [0.4, 0.5) is 0 Å². The number of piperazine rings is 1. The smallest absolute Gasteiger partial charge is 0.0544 e. The van der Waals surface area contributed by atoms with Gasteiger partial charge in [-0.1, -0.05) is 13.0 Å². The van der Waals surface area contributed by atoms with E-state index in [1.807, 2.05) is 12.3 Å². The van der Waals surface area contributed by atoms with Gasteiger partial charge < -0.3 is 5.32 Å². The summed E-state index contributed by atoms with van der Waals surface area (Å²) in [7, 11) is 0. The van der Waals surface area contributed by atoms with E-state index in [-0.39, 0.29) is 5.54 Å². The maximum Gasteiger partial charge on any atom is 0.0544 e. The summed E-state index contributed by atoms with van der Waals surface area (Å²) in [5.41, 5.74) is 1.42. The number of hydrogen-bond acceptors (Lipinski definition) is 3. The van der Waals surface area contributed by atoms with E-state index in [0.29, 0.717) is 6.04 Å². The van der Waals surface area contributed by atoms with Gasteiger partial charge in [0.15, 0.2) is 0 Å². The van der Waals surface area contributed by atoms with Crippen LogP contribution in [0.15, 0.2) is 24.4 Å². The highest BCUT2D eigenvalue weighted by Crippen LogP contribution is 2.20. The fraction of sp³-hybridized carbons (Fsp3) is 0.643. The van der Waals surface area contributed by atoms with Crippen LogP contribution < -0.4 is 5.32 Å². The van der Waals surface area contributed by atoms with Gasteiger partial charge in [-0.2, -0.15) is 0 Å². The first kappa shape index (κ1) is 12.5. The zero-order chi connectivity index (χ0) is 12.3. The van der Waals surface area contributed by atoms with Gasteiger partial charge in [-0.25, -0.2) is 0 Å². The van der Waals surface area contributed by atoms with Gasteiger partial charge in [0, 0.05) is 37.4 Å². The first-order chi connectivity index (χ1) is 8.13. The molecule has 2 atom stereocenters. The van der Waals surface area contributed by atoms with Crippen molar-refractivity contribution in [3.63, 3.8) is 0 Å². The van der Waals surface area contributed by atoms with Crippen molar-refractivity contribution in [1.29, 1.82) is 0 Å². The van der Waals surface area contributed by atoms with Gasteiger partial charge in [-0.05, 0) is 32.4 Å². The quantitative estimate of drug-likeness (QED) is 0.866. The Hall–Kier alpha value is -0.930. The summed E-state index contributed by atoms with van der Waals surface area (Å²) in [5, 5.41) is 3.65. The summed E-state index contributed by atoms with van der Waals surface area (Å²) < 4.78 is 0. The van der Waals surface area contributed by atoms with Crippen LogP contribution >= 0.6 is 0 Å². The molecular formula is C14H23N3. The summed E-state index contributed by atoms with van der Waals surface area (Å²) in [5.74, 6) is 0. The number of aromatic nitrogens is 1. The number of nitrogens with zero attached hydrogens (tertiary/aromatic N) is 2. The zero-order valence-electron chi connectivity index (χ0n) is 11.1. The fourth-order valence-electron chi connectivity index (χ4n) is 2.33. The van der Waals surface area contributed by atoms with Gasteiger partial charge in [0.05, 0.1) is 5.69 Å². The number of pyridine rings is 1. The van der Waals surface area contributed by atoms with E-state index in [1.54, 1.807) is 0 Å². The third kappa shape index (κ3) is 3.05. The fourth-order valence-corrected chi connectivity index (χ4v) is 2.33. The van der Waals surface area contributed by atoms with Crippen molar-refractivity contribution in [2.75, 3.05) is 13.1 Å². The lowest BCUT2D eigenvalue weighted by Gasteiger charge is -2.44. The molecule has 17 heavy (non-hydrogen) atoms. The van der Waals surface area contributed by atoms with Gasteiger partial charge in [-0.3, -0.25) is 9.88 Å². The molecule has 0 amide bonds. The van der Waals surface area contributed by atoms with Crippen molar-refractivity contribution in [1.82, 2.24) is 15.2 Å². The molecule has 1 aliphatic heterocycles. The SMILES string of the molecule is CCC1(C)CN(Cc2ccccn2)C(C)CN1. The average Bonchev–Trinajstić information content (AvgIpc) is 2.35. The Kier molecular flexibility index (Phi) is 3.79. The van der Waals surface area contributed by atoms with Crippen LogP contribution in [-0.4, -0.2) is 34.6 Å². The van der Waals surface area contributed by atoms with Crippen molar-refractivity contribution >= 4 is 0 Å². The zero-order valence-corrected chi connectivity index (χ0v) is 11.1. The Morgan fingerprint density at radius 3 is 3.00 bits per heavy atom. The molecule has 1 aromatic heterocycles. The van der Waals surface area contributed by atoms with E-state index in [1.165, 1.54) is 12.1 Å². The van der Waals surface area contributed by atoms with Crippen molar-refractivity contribution in [3.8, 4) is 0 Å². The van der Waals surface area contributed by atoms with E-state index >= 15 is 0 Å². The summed E-state index contributed by atoms with van der Waals surface area (Å²) in [4.78, 5) is 6.95. The summed E-state index contributed by atoms with van der Waals surface area (Å²) in [6.45, 7) is 9.97. The number of hydrogen-bond donors (Lipinski definition) is 1. The van der Waals surface area contributed by atoms with Crippen LogP contribution in [0.1, 0.15) is 32.9 Å². The van der Waals surface area contributed by atoms with Crippen molar-refractivity contribution in [2.45, 2.75) is 45.3 Å². The molecule has 2 unspecified atom stereocenters. The highest BCUT2D eigenvalue weighted by molar-refractivity contribution is 5.05. The summed E-state index contributed by atoms with van der Waals surface area (Å²) >= 11 is 0. The van der Waals surface area contributed by atoms with Crippen LogP contribution in [0.5, 0.6) is 0 Å². The van der Waals surface area contributed by atoms with Crippen LogP contribution in [0.2, 0.25) is 0 Å². The average molecular weight is 233 g/mol. The molecule has 0 aliphatic carbocycles. The summed E-state index contributed by atoms with van der Waals surface area (Å²) in [6, 6.07) is 6.73. The van der Waals surface area contributed by atoms with Crippen molar-refractivity contribution < 1.29 is 0 Å². The van der Waals surface area contributed by atoms with Gasteiger partial charge in [0.1, 0.15) is 0 Å². The van der Waals surface area contributed by atoms with Gasteiger partial charge >= 0.3 is 0 Å². The van der Waals surface area contributed by atoms with E-state index in [9.17, 15) is 0 Å². The minimum Gasteiger partial charge on any atom is -0.309 e. The molecule has 0 aromatic carbocycles. The van der Waals surface area contributed by atoms with E-state index in [0.717, 1.165) is 19.6 Å². The second kappa shape index (κ2) is 5.15. The first-order valence-corrected chi connectivity index (χ1v) is 6.52. The van der Waals surface area contributed by atoms with Crippen LogP contribution in [0.25, 0.3) is 0 Å². The maximum atomic E-state index is 4.42.